The molecule has 7 heavy (non-hydrogen) atoms. The second-order valence-electron chi connectivity index (χ2n) is 1.21. The van der Waals surface area contributed by atoms with Crippen LogP contribution in [0.15, 0.2) is 0 Å². The van der Waals surface area contributed by atoms with Crippen molar-refractivity contribution < 1.29 is 9.90 Å². The summed E-state index contributed by atoms with van der Waals surface area (Å²) >= 11 is 5.12. The second kappa shape index (κ2) is 4.09. The first-order chi connectivity index (χ1) is 3.31. The van der Waals surface area contributed by atoms with Crippen molar-refractivity contribution in [2.45, 2.75) is 12.5 Å². The van der Waals surface area contributed by atoms with Crippen LogP contribution >= 0.6 is 11.6 Å². The van der Waals surface area contributed by atoms with E-state index in [0.717, 1.165) is 0 Å². The summed E-state index contributed by atoms with van der Waals surface area (Å²) in [5.74, 6) is 0.138. The number of hydrogen-bond acceptors (Lipinski definition) is 2. The molecule has 0 unspecified atom stereocenters. The van der Waals surface area contributed by atoms with Gasteiger partial charge in [-0.2, -0.15) is 0 Å². The van der Waals surface area contributed by atoms with Crippen molar-refractivity contribution in [3.8, 4) is 0 Å². The van der Waals surface area contributed by atoms with Gasteiger partial charge in [-0.3, -0.25) is 0 Å². The number of aldehydes is 1. The highest BCUT2D eigenvalue weighted by atomic mass is 35.5. The van der Waals surface area contributed by atoms with E-state index in [-0.39, 0.29) is 12.3 Å². The summed E-state index contributed by atoms with van der Waals surface area (Å²) < 4.78 is 0. The molecule has 0 radical (unpaired) electrons. The minimum absolute atomic E-state index is 0.138. The van der Waals surface area contributed by atoms with Gasteiger partial charge in [0.2, 0.25) is 0 Å². The van der Waals surface area contributed by atoms with Gasteiger partial charge in [0, 0.05) is 12.3 Å². The van der Waals surface area contributed by atoms with Crippen LogP contribution in [-0.4, -0.2) is 23.4 Å². The first kappa shape index (κ1) is 6.92. The van der Waals surface area contributed by atoms with E-state index in [9.17, 15) is 4.79 Å². The Hall–Kier alpha value is -0.0800. The monoisotopic (exact) mass is 122 g/mol. The lowest BCUT2D eigenvalue weighted by atomic mass is 10.3. The Morgan fingerprint density at radius 2 is 2.43 bits per heavy atom. The minimum atomic E-state index is -0.654. The van der Waals surface area contributed by atoms with Gasteiger partial charge in [-0.05, 0) is 0 Å². The predicted octanol–water partition coefficient (Wildman–Crippen LogP) is 0.175. The van der Waals surface area contributed by atoms with Crippen molar-refractivity contribution in [3.05, 3.63) is 0 Å². The standard InChI is InChI=1S/C4H7ClO2/c5-3-4(7)1-2-6/h2,4,7H,1,3H2/t4-/m1/s1. The van der Waals surface area contributed by atoms with E-state index in [0.29, 0.717) is 6.29 Å². The average molecular weight is 123 g/mol. The van der Waals surface area contributed by atoms with Crippen molar-refractivity contribution in [1.29, 1.82) is 0 Å². The number of carbonyl (C=O) groups excluding carboxylic acids is 1. The van der Waals surface area contributed by atoms with E-state index in [1.54, 1.807) is 0 Å². The molecule has 42 valence electrons. The zero-order valence-electron chi connectivity index (χ0n) is 3.80. The fourth-order valence-corrected chi connectivity index (χ4v) is 0.300. The number of hydrogen-bond donors (Lipinski definition) is 1. The molecule has 1 atom stereocenters. The van der Waals surface area contributed by atoms with E-state index >= 15 is 0 Å². The van der Waals surface area contributed by atoms with Gasteiger partial charge < -0.3 is 9.90 Å². The molecule has 0 bridgehead atoms. The summed E-state index contributed by atoms with van der Waals surface area (Å²) in [6.45, 7) is 0. The molecule has 0 saturated heterocycles. The molecule has 1 N–H and O–H groups in total. The van der Waals surface area contributed by atoms with Crippen LogP contribution < -0.4 is 0 Å². The topological polar surface area (TPSA) is 37.3 Å². The maximum atomic E-state index is 9.56. The molecule has 0 aromatic heterocycles. The van der Waals surface area contributed by atoms with E-state index in [2.05, 4.69) is 0 Å². The molecule has 0 rings (SSSR count). The Balaban J connectivity index is 2.98. The van der Waals surface area contributed by atoms with E-state index in [1.165, 1.54) is 0 Å². The zero-order valence-corrected chi connectivity index (χ0v) is 4.56. The van der Waals surface area contributed by atoms with Gasteiger partial charge in [0.25, 0.3) is 0 Å². The summed E-state index contributed by atoms with van der Waals surface area (Å²) in [4.78, 5) is 9.56. The van der Waals surface area contributed by atoms with E-state index in [1.807, 2.05) is 0 Å². The Morgan fingerprint density at radius 1 is 1.86 bits per heavy atom. The van der Waals surface area contributed by atoms with Crippen molar-refractivity contribution >= 4 is 17.9 Å². The molecule has 0 heterocycles. The summed E-state index contributed by atoms with van der Waals surface area (Å²) in [5.41, 5.74) is 0. The van der Waals surface area contributed by atoms with Gasteiger partial charge in [-0.25, -0.2) is 0 Å². The Bertz CT molecular complexity index is 55.7. The smallest absolute Gasteiger partial charge is 0.122 e. The van der Waals surface area contributed by atoms with Crippen molar-refractivity contribution in [1.82, 2.24) is 0 Å². The van der Waals surface area contributed by atoms with Gasteiger partial charge in [0.05, 0.1) is 6.10 Å². The predicted molar refractivity (Wildman–Crippen MR) is 27.4 cm³/mol. The molecule has 0 aliphatic heterocycles. The number of alkyl halides is 1. The van der Waals surface area contributed by atoms with Crippen LogP contribution in [0.2, 0.25) is 0 Å². The van der Waals surface area contributed by atoms with Crippen LogP contribution in [0.1, 0.15) is 6.42 Å². The third-order valence-electron chi connectivity index (χ3n) is 0.546. The molecule has 0 fully saturated rings. The molecule has 3 heteroatoms. The van der Waals surface area contributed by atoms with E-state index < -0.39 is 6.10 Å². The fourth-order valence-electron chi connectivity index (χ4n) is 0.174. The van der Waals surface area contributed by atoms with Gasteiger partial charge >= 0.3 is 0 Å². The summed E-state index contributed by atoms with van der Waals surface area (Å²) in [6, 6.07) is 0. The second-order valence-corrected chi connectivity index (χ2v) is 1.52. The van der Waals surface area contributed by atoms with Crippen molar-refractivity contribution in [3.63, 3.8) is 0 Å². The lowest BCUT2D eigenvalue weighted by Crippen LogP contribution is -2.07. The average Bonchev–Trinajstić information content (AvgIpc) is 1.68. The number of rotatable bonds is 3. The molecule has 0 aromatic rings. The number of carbonyl (C=O) groups is 1. The molecular weight excluding hydrogens is 115 g/mol. The van der Waals surface area contributed by atoms with Crippen molar-refractivity contribution in [2.24, 2.45) is 0 Å². The highest BCUT2D eigenvalue weighted by molar-refractivity contribution is 6.18. The fraction of sp³-hybridized carbons (Fsp3) is 0.750. The molecule has 0 aliphatic carbocycles. The number of halogens is 1. The summed E-state index contributed by atoms with van der Waals surface area (Å²) in [6.07, 6.45) is 0.135. The first-order valence-corrected chi connectivity index (χ1v) is 2.52. The molecule has 0 spiro atoms. The van der Waals surface area contributed by atoms with Gasteiger partial charge in [-0.1, -0.05) is 0 Å². The zero-order chi connectivity index (χ0) is 5.70. The van der Waals surface area contributed by atoms with Crippen LogP contribution in [0.5, 0.6) is 0 Å². The third kappa shape index (κ3) is 3.76. The lowest BCUT2D eigenvalue weighted by Gasteiger charge is -1.95. The molecule has 0 amide bonds. The normalized spacial score (nSPS) is 13.4. The molecule has 0 saturated carbocycles. The van der Waals surface area contributed by atoms with Crippen LogP contribution in [0, 0.1) is 0 Å². The third-order valence-corrected chi connectivity index (χ3v) is 0.903. The van der Waals surface area contributed by atoms with Gasteiger partial charge in [-0.15, -0.1) is 11.6 Å². The quantitative estimate of drug-likeness (QED) is 0.428. The molecule has 0 aromatic carbocycles. The van der Waals surface area contributed by atoms with Crippen LogP contribution in [0.4, 0.5) is 0 Å². The molecular formula is C4H7ClO2. The maximum Gasteiger partial charge on any atom is 0.122 e. The Kier molecular flexibility index (Phi) is 4.04. The van der Waals surface area contributed by atoms with E-state index in [4.69, 9.17) is 16.7 Å². The summed E-state index contributed by atoms with van der Waals surface area (Å²) in [7, 11) is 0. The van der Waals surface area contributed by atoms with Crippen molar-refractivity contribution in [2.75, 3.05) is 5.88 Å². The van der Waals surface area contributed by atoms with Crippen LogP contribution in [-0.2, 0) is 4.79 Å². The number of aliphatic hydroxyl groups is 1. The molecule has 2 nitrogen and oxygen atoms in total. The first-order valence-electron chi connectivity index (χ1n) is 1.99. The molecule has 0 aliphatic rings. The maximum absolute atomic E-state index is 9.56. The largest absolute Gasteiger partial charge is 0.391 e. The van der Waals surface area contributed by atoms with Crippen LogP contribution in [0.25, 0.3) is 0 Å². The van der Waals surface area contributed by atoms with Gasteiger partial charge in [0.15, 0.2) is 0 Å². The Labute approximate surface area is 47.1 Å². The Morgan fingerprint density at radius 3 is 2.57 bits per heavy atom. The lowest BCUT2D eigenvalue weighted by molar-refractivity contribution is -0.109. The number of aliphatic hydroxyl groups excluding tert-OH is 1. The summed E-state index contributed by atoms with van der Waals surface area (Å²) in [5, 5.41) is 8.49. The van der Waals surface area contributed by atoms with Crippen LogP contribution in [0.3, 0.4) is 0 Å². The minimum Gasteiger partial charge on any atom is -0.391 e. The SMILES string of the molecule is O=CC[C@@H](O)CCl. The van der Waals surface area contributed by atoms with Gasteiger partial charge in [0.1, 0.15) is 6.29 Å². The highest BCUT2D eigenvalue weighted by Gasteiger charge is 1.96. The highest BCUT2D eigenvalue weighted by Crippen LogP contribution is 1.88.